The highest BCUT2D eigenvalue weighted by Gasteiger charge is 2.42. The second-order valence-corrected chi connectivity index (χ2v) is 6.76. The van der Waals surface area contributed by atoms with Gasteiger partial charge in [-0.1, -0.05) is 30.3 Å². The molecular formula is C19H23ClN2O2. The van der Waals surface area contributed by atoms with E-state index in [1.54, 1.807) is 0 Å². The minimum atomic E-state index is 0. The van der Waals surface area contributed by atoms with Gasteiger partial charge in [0.15, 0.2) is 6.61 Å². The molecule has 1 heterocycles. The third-order valence-corrected chi connectivity index (χ3v) is 5.35. The topological polar surface area (TPSA) is 55.6 Å². The third kappa shape index (κ3) is 3.21. The van der Waals surface area contributed by atoms with Gasteiger partial charge in [0.2, 0.25) is 0 Å². The summed E-state index contributed by atoms with van der Waals surface area (Å²) in [6.45, 7) is 1.75. The zero-order chi connectivity index (χ0) is 15.8. The van der Waals surface area contributed by atoms with Crippen LogP contribution in [-0.2, 0) is 4.79 Å². The molecule has 4 rings (SSSR count). The number of nitrogens with two attached hydrogens (primary N) is 1. The van der Waals surface area contributed by atoms with Crippen molar-refractivity contribution in [3.05, 3.63) is 42.5 Å². The molecule has 1 saturated heterocycles. The number of hydrogen-bond donors (Lipinski definition) is 1. The SMILES string of the molecule is Cl.NC1CCC2CN(C(=O)COc3ccc4ccccc4c3)CC12. The molecule has 2 aliphatic rings. The molecule has 24 heavy (non-hydrogen) atoms. The summed E-state index contributed by atoms with van der Waals surface area (Å²) in [6.07, 6.45) is 2.26. The lowest BCUT2D eigenvalue weighted by molar-refractivity contribution is -0.132. The largest absolute Gasteiger partial charge is 0.484 e. The summed E-state index contributed by atoms with van der Waals surface area (Å²) in [5, 5.41) is 2.30. The highest BCUT2D eigenvalue weighted by Crippen LogP contribution is 2.37. The lowest BCUT2D eigenvalue weighted by atomic mass is 9.98. The fraction of sp³-hybridized carbons (Fsp3) is 0.421. The molecular weight excluding hydrogens is 324 g/mol. The average molecular weight is 347 g/mol. The summed E-state index contributed by atoms with van der Waals surface area (Å²) in [5.41, 5.74) is 6.13. The van der Waals surface area contributed by atoms with Crippen LogP contribution in [0.1, 0.15) is 12.8 Å². The van der Waals surface area contributed by atoms with Crippen LogP contribution in [0, 0.1) is 11.8 Å². The number of fused-ring (bicyclic) bond motifs is 2. The molecule has 0 spiro atoms. The Balaban J connectivity index is 0.00000169. The van der Waals surface area contributed by atoms with Crippen LogP contribution in [0.2, 0.25) is 0 Å². The van der Waals surface area contributed by atoms with Crippen LogP contribution < -0.4 is 10.5 Å². The maximum atomic E-state index is 12.4. The number of rotatable bonds is 3. The first-order chi connectivity index (χ1) is 11.2. The molecule has 1 aliphatic carbocycles. The van der Waals surface area contributed by atoms with E-state index in [-0.39, 0.29) is 31.0 Å². The molecule has 1 aliphatic heterocycles. The van der Waals surface area contributed by atoms with Crippen LogP contribution in [0.5, 0.6) is 5.75 Å². The number of likely N-dealkylation sites (tertiary alicyclic amines) is 1. The van der Waals surface area contributed by atoms with Crippen molar-refractivity contribution in [2.75, 3.05) is 19.7 Å². The zero-order valence-corrected chi connectivity index (χ0v) is 14.4. The van der Waals surface area contributed by atoms with Crippen molar-refractivity contribution >= 4 is 29.1 Å². The van der Waals surface area contributed by atoms with Gasteiger partial charge in [0.05, 0.1) is 0 Å². The van der Waals surface area contributed by atoms with E-state index >= 15 is 0 Å². The van der Waals surface area contributed by atoms with Crippen LogP contribution in [0.4, 0.5) is 0 Å². The van der Waals surface area contributed by atoms with Gasteiger partial charge in [-0.25, -0.2) is 0 Å². The zero-order valence-electron chi connectivity index (χ0n) is 13.6. The smallest absolute Gasteiger partial charge is 0.260 e. The third-order valence-electron chi connectivity index (χ3n) is 5.35. The van der Waals surface area contributed by atoms with Gasteiger partial charge in [0.25, 0.3) is 5.91 Å². The molecule has 2 N–H and O–H groups in total. The fourth-order valence-electron chi connectivity index (χ4n) is 4.00. The Kier molecular flexibility index (Phi) is 4.97. The molecule has 2 aromatic rings. The first-order valence-corrected chi connectivity index (χ1v) is 8.35. The van der Waals surface area contributed by atoms with Crippen molar-refractivity contribution in [2.45, 2.75) is 18.9 Å². The van der Waals surface area contributed by atoms with E-state index in [1.807, 2.05) is 41.3 Å². The van der Waals surface area contributed by atoms with Crippen molar-refractivity contribution in [3.8, 4) is 5.75 Å². The molecule has 1 saturated carbocycles. The Morgan fingerprint density at radius 3 is 2.71 bits per heavy atom. The predicted molar refractivity (Wildman–Crippen MR) is 97.5 cm³/mol. The van der Waals surface area contributed by atoms with E-state index in [0.29, 0.717) is 11.8 Å². The number of ether oxygens (including phenoxy) is 1. The quantitative estimate of drug-likeness (QED) is 0.929. The Hall–Kier alpha value is -1.78. The molecule has 0 bridgehead atoms. The lowest BCUT2D eigenvalue weighted by Gasteiger charge is -2.19. The summed E-state index contributed by atoms with van der Waals surface area (Å²) >= 11 is 0. The van der Waals surface area contributed by atoms with Crippen LogP contribution in [0.15, 0.2) is 42.5 Å². The van der Waals surface area contributed by atoms with E-state index in [0.717, 1.165) is 37.1 Å². The second kappa shape index (κ2) is 6.99. The minimum Gasteiger partial charge on any atom is -0.484 e. The number of nitrogens with zero attached hydrogens (tertiary/aromatic N) is 1. The molecule has 0 aromatic heterocycles. The van der Waals surface area contributed by atoms with Gasteiger partial charge < -0.3 is 15.4 Å². The first-order valence-electron chi connectivity index (χ1n) is 8.35. The molecule has 2 aromatic carbocycles. The monoisotopic (exact) mass is 346 g/mol. The Morgan fingerprint density at radius 1 is 1.12 bits per heavy atom. The highest BCUT2D eigenvalue weighted by atomic mass is 35.5. The van der Waals surface area contributed by atoms with E-state index in [1.165, 1.54) is 5.39 Å². The molecule has 0 radical (unpaired) electrons. The van der Waals surface area contributed by atoms with Crippen molar-refractivity contribution < 1.29 is 9.53 Å². The maximum absolute atomic E-state index is 12.4. The molecule has 1 amide bonds. The number of halogens is 1. The number of hydrogen-bond acceptors (Lipinski definition) is 3. The Labute approximate surface area is 148 Å². The minimum absolute atomic E-state index is 0. The van der Waals surface area contributed by atoms with Crippen molar-refractivity contribution in [3.63, 3.8) is 0 Å². The van der Waals surface area contributed by atoms with E-state index in [2.05, 4.69) is 6.07 Å². The Bertz CT molecular complexity index is 736. The normalized spacial score (nSPS) is 25.4. The van der Waals surface area contributed by atoms with Crippen LogP contribution in [0.25, 0.3) is 10.8 Å². The van der Waals surface area contributed by atoms with Crippen molar-refractivity contribution in [2.24, 2.45) is 17.6 Å². The fourth-order valence-corrected chi connectivity index (χ4v) is 4.00. The molecule has 3 unspecified atom stereocenters. The molecule has 128 valence electrons. The number of benzene rings is 2. The predicted octanol–water partition coefficient (Wildman–Crippen LogP) is 2.84. The maximum Gasteiger partial charge on any atom is 0.260 e. The van der Waals surface area contributed by atoms with E-state index in [9.17, 15) is 4.79 Å². The summed E-state index contributed by atoms with van der Waals surface area (Å²) in [4.78, 5) is 14.3. The van der Waals surface area contributed by atoms with E-state index in [4.69, 9.17) is 10.5 Å². The first kappa shape index (κ1) is 17.1. The van der Waals surface area contributed by atoms with Gasteiger partial charge in [-0.15, -0.1) is 12.4 Å². The lowest BCUT2D eigenvalue weighted by Crippen LogP contribution is -2.36. The van der Waals surface area contributed by atoms with Crippen LogP contribution in [0.3, 0.4) is 0 Å². The van der Waals surface area contributed by atoms with Gasteiger partial charge in [-0.2, -0.15) is 0 Å². The van der Waals surface area contributed by atoms with Crippen LogP contribution in [-0.4, -0.2) is 36.5 Å². The van der Waals surface area contributed by atoms with E-state index < -0.39 is 0 Å². The van der Waals surface area contributed by atoms with Gasteiger partial charge in [0, 0.05) is 19.1 Å². The molecule has 3 atom stereocenters. The Morgan fingerprint density at radius 2 is 1.92 bits per heavy atom. The molecule has 4 nitrogen and oxygen atoms in total. The summed E-state index contributed by atoms with van der Waals surface area (Å²) < 4.78 is 5.71. The molecule has 2 fully saturated rings. The second-order valence-electron chi connectivity index (χ2n) is 6.76. The average Bonchev–Trinajstić information content (AvgIpc) is 3.15. The highest BCUT2D eigenvalue weighted by molar-refractivity contribution is 5.85. The standard InChI is InChI=1S/C19H22N2O2.ClH/c20-18-8-6-15-10-21(11-17(15)18)19(22)12-23-16-7-5-13-3-1-2-4-14(13)9-16;/h1-5,7,9,15,17-18H,6,8,10-12,20H2;1H. The van der Waals surface area contributed by atoms with Gasteiger partial charge in [-0.05, 0) is 47.6 Å². The van der Waals surface area contributed by atoms with Gasteiger partial charge in [-0.3, -0.25) is 4.79 Å². The van der Waals surface area contributed by atoms with Gasteiger partial charge in [0.1, 0.15) is 5.75 Å². The van der Waals surface area contributed by atoms with Crippen LogP contribution >= 0.6 is 12.4 Å². The van der Waals surface area contributed by atoms with Crippen molar-refractivity contribution in [1.82, 2.24) is 4.90 Å². The summed E-state index contributed by atoms with van der Waals surface area (Å²) in [7, 11) is 0. The van der Waals surface area contributed by atoms with Gasteiger partial charge >= 0.3 is 0 Å². The number of carbonyl (C=O) groups excluding carboxylic acids is 1. The summed E-state index contributed by atoms with van der Waals surface area (Å²) in [6, 6.07) is 14.3. The number of amides is 1. The number of carbonyl (C=O) groups is 1. The molecule has 5 heteroatoms. The van der Waals surface area contributed by atoms with Crippen molar-refractivity contribution in [1.29, 1.82) is 0 Å². The summed E-state index contributed by atoms with van der Waals surface area (Å²) in [5.74, 6) is 1.89.